The van der Waals surface area contributed by atoms with Gasteiger partial charge in [0.15, 0.2) is 5.82 Å². The Balaban J connectivity index is 1.47. The Bertz CT molecular complexity index is 1950. The smallest absolute Gasteiger partial charge is 0.417 e. The largest absolute Gasteiger partial charge is 0.461 e. The van der Waals surface area contributed by atoms with E-state index in [1.807, 2.05) is 11.0 Å². The Labute approximate surface area is 269 Å². The molecule has 0 amide bonds. The minimum absolute atomic E-state index is 0.00997. The summed E-state index contributed by atoms with van der Waals surface area (Å²) in [4.78, 5) is 12.4. The van der Waals surface area contributed by atoms with Crippen molar-refractivity contribution in [2.75, 3.05) is 36.9 Å². The maximum Gasteiger partial charge on any atom is 0.417 e. The van der Waals surface area contributed by atoms with Crippen molar-refractivity contribution in [3.8, 4) is 23.2 Å². The highest BCUT2D eigenvalue weighted by Gasteiger charge is 2.49. The zero-order valence-corrected chi connectivity index (χ0v) is 26.0. The van der Waals surface area contributed by atoms with E-state index in [1.165, 1.54) is 0 Å². The first-order valence-corrected chi connectivity index (χ1v) is 16.1. The third-order valence-electron chi connectivity index (χ3n) is 9.85. The second kappa shape index (κ2) is 11.4. The van der Waals surface area contributed by atoms with Crippen LogP contribution in [0.15, 0.2) is 18.2 Å². The number of benzene rings is 2. The predicted octanol–water partition coefficient (Wildman–Crippen LogP) is 6.57. The van der Waals surface area contributed by atoms with Crippen LogP contribution in [0.25, 0.3) is 32.1 Å². The normalized spacial score (nSPS) is 25.1. The van der Waals surface area contributed by atoms with Gasteiger partial charge in [0, 0.05) is 35.8 Å². The lowest BCUT2D eigenvalue weighted by Gasteiger charge is -2.38. The zero-order chi connectivity index (χ0) is 33.4. The first-order chi connectivity index (χ1) is 22.3. The minimum atomic E-state index is -5.10. The van der Waals surface area contributed by atoms with Gasteiger partial charge in [0.1, 0.15) is 41.0 Å². The molecule has 0 spiro atoms. The van der Waals surface area contributed by atoms with Gasteiger partial charge in [0.25, 0.3) is 0 Å². The molecule has 47 heavy (non-hydrogen) atoms. The highest BCUT2D eigenvalue weighted by molar-refractivity contribution is 7.23. The van der Waals surface area contributed by atoms with Crippen LogP contribution in [0.5, 0.6) is 6.01 Å². The van der Waals surface area contributed by atoms with Crippen LogP contribution in [0.1, 0.15) is 50.2 Å². The number of nitrogens with two attached hydrogens (primary N) is 1. The number of rotatable bonds is 5. The number of hydrogen-bond donors (Lipinski definition) is 2. The molecule has 0 saturated carbocycles. The summed E-state index contributed by atoms with van der Waals surface area (Å²) in [6.45, 7) is 2.96. The second-order valence-electron chi connectivity index (χ2n) is 12.6. The van der Waals surface area contributed by atoms with Crippen molar-refractivity contribution in [1.29, 1.82) is 5.26 Å². The first kappa shape index (κ1) is 31.7. The monoisotopic (exact) mass is 676 g/mol. The van der Waals surface area contributed by atoms with E-state index < -0.39 is 58.3 Å². The average molecular weight is 677 g/mol. The van der Waals surface area contributed by atoms with Crippen LogP contribution in [0.2, 0.25) is 0 Å². The van der Waals surface area contributed by atoms with Crippen LogP contribution in [-0.2, 0) is 6.18 Å². The molecule has 3 aliphatic heterocycles. The molecule has 4 unspecified atom stereocenters. The number of aliphatic hydroxyl groups is 1. The second-order valence-corrected chi connectivity index (χ2v) is 13.6. The molecule has 15 heteroatoms. The van der Waals surface area contributed by atoms with Crippen molar-refractivity contribution in [3.05, 3.63) is 41.0 Å². The number of fused-ring (bicyclic) bond motifs is 3. The van der Waals surface area contributed by atoms with Crippen molar-refractivity contribution in [2.45, 2.75) is 69.1 Å². The number of halogens is 6. The summed E-state index contributed by atoms with van der Waals surface area (Å²) >= 11 is 0.681. The van der Waals surface area contributed by atoms with Crippen molar-refractivity contribution < 1.29 is 36.2 Å². The number of nitriles is 1. The number of thiophene rings is 1. The molecule has 0 radical (unpaired) electrons. The van der Waals surface area contributed by atoms with E-state index in [0.717, 1.165) is 24.6 Å². The Morgan fingerprint density at radius 1 is 1.21 bits per heavy atom. The van der Waals surface area contributed by atoms with Crippen molar-refractivity contribution >= 4 is 43.1 Å². The fraction of sp³-hybridized carbons (Fsp3) is 0.469. The fourth-order valence-electron chi connectivity index (χ4n) is 7.54. The van der Waals surface area contributed by atoms with Crippen LogP contribution < -0.4 is 15.4 Å². The molecule has 3 saturated heterocycles. The third-order valence-corrected chi connectivity index (χ3v) is 10.9. The lowest BCUT2D eigenvalue weighted by molar-refractivity contribution is -0.137. The Kier molecular flexibility index (Phi) is 7.68. The lowest BCUT2D eigenvalue weighted by Crippen LogP contribution is -2.47. The molecule has 2 aromatic heterocycles. The number of aliphatic hydroxyl groups excluding tert-OH is 1. The van der Waals surface area contributed by atoms with Crippen LogP contribution in [-0.4, -0.2) is 70.1 Å². The van der Waals surface area contributed by atoms with Gasteiger partial charge in [-0.2, -0.15) is 28.4 Å². The van der Waals surface area contributed by atoms with Crippen molar-refractivity contribution in [2.24, 2.45) is 0 Å². The van der Waals surface area contributed by atoms with E-state index in [4.69, 9.17) is 10.5 Å². The Morgan fingerprint density at radius 3 is 2.74 bits per heavy atom. The molecule has 2 aromatic carbocycles. The topological polar surface area (TPSA) is 112 Å². The number of ether oxygens (including phenoxy) is 1. The van der Waals surface area contributed by atoms with Gasteiger partial charge in [-0.3, -0.25) is 4.90 Å². The molecule has 4 aromatic rings. The van der Waals surface area contributed by atoms with Gasteiger partial charge in [-0.15, -0.1) is 11.3 Å². The van der Waals surface area contributed by atoms with Gasteiger partial charge < -0.3 is 20.5 Å². The van der Waals surface area contributed by atoms with Crippen LogP contribution in [0.3, 0.4) is 0 Å². The van der Waals surface area contributed by atoms with Gasteiger partial charge in [-0.1, -0.05) is 6.07 Å². The van der Waals surface area contributed by atoms with Gasteiger partial charge in [-0.05, 0) is 56.8 Å². The quantitative estimate of drug-likeness (QED) is 0.229. The number of nitrogen functional groups attached to an aromatic ring is 1. The molecule has 0 bridgehead atoms. The molecule has 0 aliphatic carbocycles. The number of anilines is 2. The molecular weight excluding hydrogens is 646 g/mol. The average Bonchev–Trinajstić information content (AvgIpc) is 3.66. The fourth-order valence-corrected chi connectivity index (χ4v) is 8.49. The number of alkyl halides is 4. The molecule has 3 fully saturated rings. The molecule has 3 aliphatic rings. The summed E-state index contributed by atoms with van der Waals surface area (Å²) in [7, 11) is 0. The number of piperidine rings is 1. The summed E-state index contributed by atoms with van der Waals surface area (Å²) in [5, 5.41) is 19.8. The predicted molar refractivity (Wildman–Crippen MR) is 165 cm³/mol. The molecule has 248 valence electrons. The van der Waals surface area contributed by atoms with Gasteiger partial charge in [0.2, 0.25) is 0 Å². The Morgan fingerprint density at radius 2 is 2.00 bits per heavy atom. The van der Waals surface area contributed by atoms with E-state index >= 15 is 4.39 Å². The van der Waals surface area contributed by atoms with Gasteiger partial charge in [-0.25, -0.2) is 13.2 Å². The summed E-state index contributed by atoms with van der Waals surface area (Å²) in [5.41, 5.74) is 1.89. The van der Waals surface area contributed by atoms with Gasteiger partial charge in [0.05, 0.1) is 33.5 Å². The van der Waals surface area contributed by atoms with Crippen molar-refractivity contribution in [1.82, 2.24) is 14.9 Å². The summed E-state index contributed by atoms with van der Waals surface area (Å²) in [6.07, 6.45) is -4.26. The minimum Gasteiger partial charge on any atom is -0.461 e. The number of hydrogen-bond acceptors (Lipinski definition) is 9. The van der Waals surface area contributed by atoms with E-state index in [-0.39, 0.29) is 63.0 Å². The zero-order valence-electron chi connectivity index (χ0n) is 25.2. The van der Waals surface area contributed by atoms with E-state index in [1.54, 1.807) is 11.8 Å². The third kappa shape index (κ3) is 5.12. The SMILES string of the molecule is CC1C(O)CCCN1c1nc(OCC23CCCN2CC(F)C3)nc2c(F)c(-c3ccc(F)c4sc(N)c(C#N)c34)c(C(F)(F)F)cc12. The van der Waals surface area contributed by atoms with Gasteiger partial charge >= 0.3 is 12.2 Å². The first-order valence-electron chi connectivity index (χ1n) is 15.3. The molecule has 7 rings (SSSR count). The highest BCUT2D eigenvalue weighted by atomic mass is 32.1. The molecule has 4 atom stereocenters. The standard InChI is InChI=1S/C32H30F6N6O2S/c1-15-22(45)4-2-9-44(15)29-18-10-20(32(36,37)38)24(17-5-6-21(34)27-23(17)19(12-39)28(40)47-27)25(35)26(18)41-30(42-29)46-14-31-7-3-8-43(31)13-16(33)11-31/h5-6,10,15-16,22,45H,2-4,7-9,11,13-14,40H2,1H3. The van der Waals surface area contributed by atoms with E-state index in [2.05, 4.69) is 9.97 Å². The van der Waals surface area contributed by atoms with Crippen molar-refractivity contribution in [3.63, 3.8) is 0 Å². The number of nitrogens with zero attached hydrogens (tertiary/aromatic N) is 5. The molecule has 3 N–H and O–H groups in total. The summed E-state index contributed by atoms with van der Waals surface area (Å²) in [6, 6.07) is 3.57. The number of aromatic nitrogens is 2. The summed E-state index contributed by atoms with van der Waals surface area (Å²) < 4.78 is 96.7. The highest BCUT2D eigenvalue weighted by Crippen LogP contribution is 2.48. The maximum atomic E-state index is 16.9. The van der Waals surface area contributed by atoms with Crippen LogP contribution in [0.4, 0.5) is 37.2 Å². The van der Waals surface area contributed by atoms with Crippen LogP contribution >= 0.6 is 11.3 Å². The van der Waals surface area contributed by atoms with E-state index in [0.29, 0.717) is 43.7 Å². The Hall–Kier alpha value is -3.87. The molecular formula is C32H30F6N6O2S. The summed E-state index contributed by atoms with van der Waals surface area (Å²) in [5.74, 6) is -2.25. The van der Waals surface area contributed by atoms with Crippen LogP contribution in [0, 0.1) is 23.0 Å². The lowest BCUT2D eigenvalue weighted by atomic mass is 9.92. The van der Waals surface area contributed by atoms with E-state index in [9.17, 15) is 32.3 Å². The molecule has 8 nitrogen and oxygen atoms in total. The molecule has 5 heterocycles. The maximum absolute atomic E-state index is 16.9.